The van der Waals surface area contributed by atoms with Gasteiger partial charge in [0.25, 0.3) is 5.82 Å². The molecule has 0 radical (unpaired) electrons. The Morgan fingerprint density at radius 1 is 1.57 bits per heavy atom. The van der Waals surface area contributed by atoms with E-state index in [1.807, 2.05) is 6.20 Å². The highest BCUT2D eigenvalue weighted by molar-refractivity contribution is 7.64. The minimum Gasteiger partial charge on any atom is -0.696 e. The molecular weight excluding hydrogens is 194 g/mol. The number of aromatic amines is 1. The Morgan fingerprint density at radius 3 is 2.71 bits per heavy atom. The quantitative estimate of drug-likeness (QED) is 0.468. The first-order valence-electron chi connectivity index (χ1n) is 4.87. The molecule has 0 aliphatic rings. The van der Waals surface area contributed by atoms with Crippen LogP contribution in [0.15, 0.2) is 12.4 Å². The number of nitriles is 1. The van der Waals surface area contributed by atoms with Gasteiger partial charge in [-0.1, -0.05) is 18.7 Å². The zero-order chi connectivity index (χ0) is 10.8. The minimum atomic E-state index is 1.07. The Labute approximate surface area is 91.2 Å². The lowest BCUT2D eigenvalue weighted by Crippen LogP contribution is -2.34. The van der Waals surface area contributed by atoms with Crippen LogP contribution in [0.1, 0.15) is 32.5 Å². The standard InChI is InChI=1S/C9H16N2.CHNS/c1-3-5-6-9-10-7-8-11(9)4-2;2-1-3/h7-8H,3-6H2,1-2H3;3H. The molecule has 1 rings (SSSR count). The number of nitrogens with one attached hydrogen (secondary N) is 1. The summed E-state index contributed by atoms with van der Waals surface area (Å²) in [6, 6.07) is 0. The van der Waals surface area contributed by atoms with Crippen molar-refractivity contribution in [2.45, 2.75) is 39.7 Å². The van der Waals surface area contributed by atoms with Gasteiger partial charge in [-0.3, -0.25) is 0 Å². The van der Waals surface area contributed by atoms with Gasteiger partial charge in [0.1, 0.15) is 12.4 Å². The molecule has 0 aromatic carbocycles. The van der Waals surface area contributed by atoms with Gasteiger partial charge in [0, 0.05) is 6.42 Å². The molecule has 0 unspecified atom stereocenters. The van der Waals surface area contributed by atoms with Crippen molar-refractivity contribution in [3.05, 3.63) is 18.2 Å². The minimum absolute atomic E-state index is 1.07. The largest absolute Gasteiger partial charge is 0.696 e. The Balaban J connectivity index is 0.000000500. The van der Waals surface area contributed by atoms with E-state index in [2.05, 4.69) is 42.2 Å². The number of hydrogen-bond donors (Lipinski definition) is 1. The number of aryl methyl sites for hydroxylation is 2. The molecule has 1 aromatic rings. The number of hydrogen-bond acceptors (Lipinski definition) is 2. The lowest BCUT2D eigenvalue weighted by atomic mass is 10.2. The summed E-state index contributed by atoms with van der Waals surface area (Å²) in [5, 5.41) is 8.47. The van der Waals surface area contributed by atoms with Gasteiger partial charge in [0.05, 0.1) is 6.54 Å². The maximum absolute atomic E-state index is 7.13. The molecule has 1 aromatic heterocycles. The molecule has 78 valence electrons. The van der Waals surface area contributed by atoms with Gasteiger partial charge in [-0.15, -0.1) is 0 Å². The number of imidazole rings is 1. The van der Waals surface area contributed by atoms with Crippen LogP contribution in [0.5, 0.6) is 0 Å². The molecule has 3 nitrogen and oxygen atoms in total. The molecule has 14 heavy (non-hydrogen) atoms. The van der Waals surface area contributed by atoms with Crippen molar-refractivity contribution in [2.75, 3.05) is 0 Å². The van der Waals surface area contributed by atoms with Crippen LogP contribution in [0, 0.1) is 10.7 Å². The zero-order valence-electron chi connectivity index (χ0n) is 8.79. The average Bonchev–Trinajstić information content (AvgIpc) is 2.63. The van der Waals surface area contributed by atoms with Crippen molar-refractivity contribution >= 4 is 12.6 Å². The topological polar surface area (TPSA) is 43.5 Å². The summed E-state index contributed by atoms with van der Waals surface area (Å²) in [4.78, 5) is 3.25. The first-order valence-corrected chi connectivity index (χ1v) is 5.27. The molecule has 1 heterocycles. The summed E-state index contributed by atoms with van der Waals surface area (Å²) in [6.07, 6.45) is 7.83. The smallest absolute Gasteiger partial charge is 0.254 e. The van der Waals surface area contributed by atoms with E-state index >= 15 is 0 Å². The van der Waals surface area contributed by atoms with Crippen LogP contribution in [0.4, 0.5) is 0 Å². The van der Waals surface area contributed by atoms with E-state index in [1.54, 1.807) is 0 Å². The van der Waals surface area contributed by atoms with Gasteiger partial charge in [-0.25, -0.2) is 14.8 Å². The summed E-state index contributed by atoms with van der Waals surface area (Å²) < 4.78 is 2.26. The molecule has 0 saturated carbocycles. The first-order chi connectivity index (χ1) is 6.79. The predicted octanol–water partition coefficient (Wildman–Crippen LogP) is 1.68. The molecule has 4 heteroatoms. The number of aromatic nitrogens is 2. The van der Waals surface area contributed by atoms with Crippen molar-refractivity contribution in [1.29, 1.82) is 5.26 Å². The van der Waals surface area contributed by atoms with Crippen molar-refractivity contribution in [3.63, 3.8) is 0 Å². The summed E-state index contributed by atoms with van der Waals surface area (Å²) in [6.45, 7) is 5.46. The first kappa shape index (κ1) is 12.9. The van der Waals surface area contributed by atoms with E-state index < -0.39 is 0 Å². The molecule has 0 aliphatic heterocycles. The van der Waals surface area contributed by atoms with Crippen LogP contribution >= 0.6 is 0 Å². The van der Waals surface area contributed by atoms with Gasteiger partial charge >= 0.3 is 0 Å². The fraction of sp³-hybridized carbons (Fsp3) is 0.600. The van der Waals surface area contributed by atoms with Crippen LogP contribution in [-0.4, -0.2) is 4.98 Å². The van der Waals surface area contributed by atoms with Gasteiger partial charge in [-0.2, -0.15) is 0 Å². The highest BCUT2D eigenvalue weighted by Crippen LogP contribution is 1.95. The van der Waals surface area contributed by atoms with Gasteiger partial charge < -0.3 is 12.6 Å². The Morgan fingerprint density at radius 2 is 2.21 bits per heavy atom. The highest BCUT2D eigenvalue weighted by Gasteiger charge is 2.06. The van der Waals surface area contributed by atoms with E-state index in [0.717, 1.165) is 6.54 Å². The second kappa shape index (κ2) is 8.52. The van der Waals surface area contributed by atoms with Gasteiger partial charge in [0.15, 0.2) is 0 Å². The number of rotatable bonds is 4. The zero-order valence-corrected chi connectivity index (χ0v) is 9.60. The SMILES string of the molecule is CCCCc1[nH]cc[n+]1CC.N#C[S-]. The lowest BCUT2D eigenvalue weighted by Gasteiger charge is -1.94. The van der Waals surface area contributed by atoms with Crippen LogP contribution < -0.4 is 4.57 Å². The van der Waals surface area contributed by atoms with E-state index in [4.69, 9.17) is 5.26 Å². The fourth-order valence-corrected chi connectivity index (χ4v) is 1.25. The number of H-pyrrole nitrogens is 1. The lowest BCUT2D eigenvalue weighted by molar-refractivity contribution is -0.699. The Bertz CT molecular complexity index is 275. The molecule has 0 spiro atoms. The summed E-state index contributed by atoms with van der Waals surface area (Å²) in [5.74, 6) is 1.36. The van der Waals surface area contributed by atoms with Crippen LogP contribution in [-0.2, 0) is 25.6 Å². The van der Waals surface area contributed by atoms with Gasteiger partial charge in [-0.05, 0) is 13.3 Å². The second-order valence-electron chi connectivity index (χ2n) is 2.89. The van der Waals surface area contributed by atoms with Crippen molar-refractivity contribution < 1.29 is 4.57 Å². The monoisotopic (exact) mass is 211 g/mol. The van der Waals surface area contributed by atoms with Crippen molar-refractivity contribution in [1.82, 2.24) is 4.98 Å². The van der Waals surface area contributed by atoms with Gasteiger partial charge in [0.2, 0.25) is 0 Å². The number of nitrogens with zero attached hydrogens (tertiary/aromatic N) is 2. The van der Waals surface area contributed by atoms with Crippen LogP contribution in [0.3, 0.4) is 0 Å². The average molecular weight is 211 g/mol. The summed E-state index contributed by atoms with van der Waals surface area (Å²) in [7, 11) is 0. The molecule has 0 bridgehead atoms. The second-order valence-corrected chi connectivity index (χ2v) is 3.07. The molecule has 0 aliphatic carbocycles. The summed E-state index contributed by atoms with van der Waals surface area (Å²) >= 11 is 3.70. The molecule has 1 N–H and O–H groups in total. The Kier molecular flexibility index (Phi) is 7.86. The van der Waals surface area contributed by atoms with E-state index in [1.165, 1.54) is 30.5 Å². The molecule has 0 saturated heterocycles. The molecule has 0 atom stereocenters. The predicted molar refractivity (Wildman–Crippen MR) is 58.3 cm³/mol. The molecule has 0 amide bonds. The molecule has 0 fully saturated rings. The normalized spacial score (nSPS) is 8.64. The van der Waals surface area contributed by atoms with Crippen molar-refractivity contribution in [3.8, 4) is 5.40 Å². The van der Waals surface area contributed by atoms with E-state index in [0.29, 0.717) is 0 Å². The third-order valence-electron chi connectivity index (χ3n) is 1.96. The van der Waals surface area contributed by atoms with Crippen molar-refractivity contribution in [2.24, 2.45) is 0 Å². The van der Waals surface area contributed by atoms with Crippen LogP contribution in [0.2, 0.25) is 0 Å². The third-order valence-corrected chi connectivity index (χ3v) is 1.96. The maximum atomic E-state index is 7.13. The fourth-order valence-electron chi connectivity index (χ4n) is 1.25. The van der Waals surface area contributed by atoms with E-state index in [9.17, 15) is 0 Å². The van der Waals surface area contributed by atoms with Crippen LogP contribution in [0.25, 0.3) is 0 Å². The number of thiocyanates is 1. The summed E-state index contributed by atoms with van der Waals surface area (Å²) in [5.41, 5.74) is 0. The Hall–Kier alpha value is -1.08. The van der Waals surface area contributed by atoms with E-state index in [-0.39, 0.29) is 0 Å². The third kappa shape index (κ3) is 4.83. The molecular formula is C10H17N3S. The number of unbranched alkanes of at least 4 members (excludes halogenated alkanes) is 1. The maximum Gasteiger partial charge on any atom is 0.254 e. The highest BCUT2D eigenvalue weighted by atomic mass is 32.1.